The summed E-state index contributed by atoms with van der Waals surface area (Å²) in [4.78, 5) is 0.327. The van der Waals surface area contributed by atoms with Crippen molar-refractivity contribution in [2.75, 3.05) is 13.6 Å². The molecule has 0 aliphatic heterocycles. The van der Waals surface area contributed by atoms with E-state index in [0.717, 1.165) is 10.8 Å². The van der Waals surface area contributed by atoms with Gasteiger partial charge in [-0.05, 0) is 18.4 Å². The summed E-state index contributed by atoms with van der Waals surface area (Å²) in [5, 5.41) is 1.65. The number of nitrogens with two attached hydrogens (primary N) is 1. The standard InChI is InChI=1S/C14H18N2O2S.ClH/c1-11(10-15)16(2)19(17,18)14-9-5-7-12-6-3-4-8-13(12)14;/h3-9,11H,10,15H2,1-2H3;1H. The fourth-order valence-corrected chi connectivity index (χ4v) is 3.55. The van der Waals surface area contributed by atoms with Crippen LogP contribution in [0.15, 0.2) is 47.4 Å². The molecule has 0 bridgehead atoms. The van der Waals surface area contributed by atoms with Gasteiger partial charge in [-0.25, -0.2) is 8.42 Å². The van der Waals surface area contributed by atoms with E-state index in [1.165, 1.54) is 4.31 Å². The van der Waals surface area contributed by atoms with Crippen LogP contribution in [0.2, 0.25) is 0 Å². The summed E-state index contributed by atoms with van der Waals surface area (Å²) >= 11 is 0. The van der Waals surface area contributed by atoms with Crippen molar-refractivity contribution in [1.29, 1.82) is 0 Å². The van der Waals surface area contributed by atoms with Crippen molar-refractivity contribution < 1.29 is 8.42 Å². The molecule has 0 heterocycles. The second-order valence-corrected chi connectivity index (χ2v) is 6.55. The first-order chi connectivity index (χ1) is 8.98. The van der Waals surface area contributed by atoms with Crippen LogP contribution in [0.1, 0.15) is 6.92 Å². The molecule has 2 rings (SSSR count). The van der Waals surface area contributed by atoms with Crippen molar-refractivity contribution in [2.24, 2.45) is 5.73 Å². The van der Waals surface area contributed by atoms with Crippen LogP contribution in [0.4, 0.5) is 0 Å². The molecule has 1 atom stereocenters. The largest absolute Gasteiger partial charge is 0.329 e. The van der Waals surface area contributed by atoms with Crippen molar-refractivity contribution >= 4 is 33.2 Å². The van der Waals surface area contributed by atoms with Gasteiger partial charge in [-0.3, -0.25) is 0 Å². The highest BCUT2D eigenvalue weighted by molar-refractivity contribution is 7.89. The summed E-state index contributed by atoms with van der Waals surface area (Å²) < 4.78 is 26.6. The van der Waals surface area contributed by atoms with Crippen LogP contribution in [0.25, 0.3) is 10.8 Å². The number of fused-ring (bicyclic) bond motifs is 1. The highest BCUT2D eigenvalue weighted by Crippen LogP contribution is 2.25. The van der Waals surface area contributed by atoms with Gasteiger partial charge in [0.1, 0.15) is 0 Å². The Morgan fingerprint density at radius 2 is 1.75 bits per heavy atom. The predicted molar refractivity (Wildman–Crippen MR) is 84.7 cm³/mol. The van der Waals surface area contributed by atoms with E-state index < -0.39 is 10.0 Å². The zero-order chi connectivity index (χ0) is 14.0. The van der Waals surface area contributed by atoms with E-state index >= 15 is 0 Å². The molecule has 0 amide bonds. The molecule has 2 aromatic rings. The first kappa shape index (κ1) is 16.9. The third kappa shape index (κ3) is 2.96. The fraction of sp³-hybridized carbons (Fsp3) is 0.286. The van der Waals surface area contributed by atoms with Crippen molar-refractivity contribution in [1.82, 2.24) is 4.31 Å². The second-order valence-electron chi connectivity index (χ2n) is 4.58. The number of rotatable bonds is 4. The molecule has 0 aromatic heterocycles. The van der Waals surface area contributed by atoms with E-state index in [1.807, 2.05) is 30.3 Å². The number of hydrogen-bond donors (Lipinski definition) is 1. The third-order valence-electron chi connectivity index (χ3n) is 3.37. The Morgan fingerprint density at radius 1 is 1.15 bits per heavy atom. The minimum atomic E-state index is -3.52. The van der Waals surface area contributed by atoms with Crippen LogP contribution in [-0.2, 0) is 10.0 Å². The number of sulfonamides is 1. The Labute approximate surface area is 126 Å². The van der Waals surface area contributed by atoms with E-state index in [0.29, 0.717) is 11.4 Å². The molecule has 0 radical (unpaired) electrons. The van der Waals surface area contributed by atoms with Crippen LogP contribution in [0.3, 0.4) is 0 Å². The number of benzene rings is 2. The van der Waals surface area contributed by atoms with Gasteiger partial charge < -0.3 is 5.73 Å². The first-order valence-electron chi connectivity index (χ1n) is 6.14. The molecule has 0 saturated heterocycles. The highest BCUT2D eigenvalue weighted by Gasteiger charge is 2.26. The van der Waals surface area contributed by atoms with E-state index in [4.69, 9.17) is 5.73 Å². The summed E-state index contributed by atoms with van der Waals surface area (Å²) in [5.74, 6) is 0. The molecule has 110 valence electrons. The Balaban J connectivity index is 0.00000200. The van der Waals surface area contributed by atoms with Crippen LogP contribution in [0.5, 0.6) is 0 Å². The van der Waals surface area contributed by atoms with Gasteiger partial charge in [0.25, 0.3) is 0 Å². The van der Waals surface area contributed by atoms with Crippen molar-refractivity contribution in [2.45, 2.75) is 17.9 Å². The van der Waals surface area contributed by atoms with E-state index in [-0.39, 0.29) is 18.4 Å². The van der Waals surface area contributed by atoms with Gasteiger partial charge in [0.2, 0.25) is 10.0 Å². The monoisotopic (exact) mass is 314 g/mol. The molecular weight excluding hydrogens is 296 g/mol. The molecule has 0 saturated carbocycles. The first-order valence-corrected chi connectivity index (χ1v) is 7.58. The molecule has 2 N–H and O–H groups in total. The Bertz CT molecular complexity index is 683. The lowest BCUT2D eigenvalue weighted by Gasteiger charge is -2.23. The average Bonchev–Trinajstić information content (AvgIpc) is 2.44. The minimum absolute atomic E-state index is 0. The molecule has 4 nitrogen and oxygen atoms in total. The summed E-state index contributed by atoms with van der Waals surface area (Å²) in [5.41, 5.74) is 5.55. The predicted octanol–water partition coefficient (Wildman–Crippen LogP) is 2.23. The van der Waals surface area contributed by atoms with Crippen molar-refractivity contribution in [3.63, 3.8) is 0 Å². The van der Waals surface area contributed by atoms with Gasteiger partial charge in [0.15, 0.2) is 0 Å². The molecule has 0 aliphatic rings. The quantitative estimate of drug-likeness (QED) is 0.941. The fourth-order valence-electron chi connectivity index (χ4n) is 1.96. The normalized spacial score (nSPS) is 13.2. The highest BCUT2D eigenvalue weighted by atomic mass is 35.5. The maximum Gasteiger partial charge on any atom is 0.243 e. The lowest BCUT2D eigenvalue weighted by molar-refractivity contribution is 0.395. The molecule has 2 aromatic carbocycles. The zero-order valence-corrected chi connectivity index (χ0v) is 13.1. The lowest BCUT2D eigenvalue weighted by Crippen LogP contribution is -2.39. The average molecular weight is 315 g/mol. The van der Waals surface area contributed by atoms with Crippen LogP contribution in [0, 0.1) is 0 Å². The molecule has 20 heavy (non-hydrogen) atoms. The Kier molecular flexibility index (Phi) is 5.53. The number of halogens is 1. The lowest BCUT2D eigenvalue weighted by atomic mass is 10.1. The maximum atomic E-state index is 12.6. The Morgan fingerprint density at radius 3 is 2.40 bits per heavy atom. The molecule has 0 fully saturated rings. The Hall–Kier alpha value is -1.14. The van der Waals surface area contributed by atoms with Gasteiger partial charge in [-0.1, -0.05) is 36.4 Å². The molecular formula is C14H19ClN2O2S. The van der Waals surface area contributed by atoms with Gasteiger partial charge >= 0.3 is 0 Å². The summed E-state index contributed by atoms with van der Waals surface area (Å²) in [7, 11) is -1.96. The smallest absolute Gasteiger partial charge is 0.243 e. The van der Waals surface area contributed by atoms with Crippen LogP contribution >= 0.6 is 12.4 Å². The topological polar surface area (TPSA) is 63.4 Å². The second kappa shape index (κ2) is 6.54. The van der Waals surface area contributed by atoms with Gasteiger partial charge in [0.05, 0.1) is 4.90 Å². The number of hydrogen-bond acceptors (Lipinski definition) is 3. The maximum absolute atomic E-state index is 12.6. The van der Waals surface area contributed by atoms with Crippen LogP contribution < -0.4 is 5.73 Å². The summed E-state index contributed by atoms with van der Waals surface area (Å²) in [6, 6.07) is 12.5. The zero-order valence-electron chi connectivity index (χ0n) is 11.5. The number of likely N-dealkylation sites (N-methyl/N-ethyl adjacent to an activating group) is 1. The van der Waals surface area contributed by atoms with Crippen LogP contribution in [-0.4, -0.2) is 32.4 Å². The van der Waals surface area contributed by atoms with E-state index in [1.54, 1.807) is 26.1 Å². The molecule has 6 heteroatoms. The number of nitrogens with zero attached hydrogens (tertiary/aromatic N) is 1. The molecule has 0 aliphatic carbocycles. The van der Waals surface area contributed by atoms with E-state index in [2.05, 4.69) is 0 Å². The SMILES string of the molecule is CC(CN)N(C)S(=O)(=O)c1cccc2ccccc12.Cl. The molecule has 0 spiro atoms. The summed E-state index contributed by atoms with van der Waals surface area (Å²) in [6.45, 7) is 2.09. The third-order valence-corrected chi connectivity index (χ3v) is 5.40. The summed E-state index contributed by atoms with van der Waals surface area (Å²) in [6.07, 6.45) is 0. The minimum Gasteiger partial charge on any atom is -0.329 e. The molecule has 1 unspecified atom stereocenters. The van der Waals surface area contributed by atoms with Gasteiger partial charge in [-0.15, -0.1) is 12.4 Å². The van der Waals surface area contributed by atoms with Crippen molar-refractivity contribution in [3.8, 4) is 0 Å². The van der Waals surface area contributed by atoms with Gasteiger partial charge in [0, 0.05) is 25.0 Å². The van der Waals surface area contributed by atoms with Gasteiger partial charge in [-0.2, -0.15) is 4.31 Å². The van der Waals surface area contributed by atoms with Crippen molar-refractivity contribution in [3.05, 3.63) is 42.5 Å². The van der Waals surface area contributed by atoms with E-state index in [9.17, 15) is 8.42 Å².